The van der Waals surface area contributed by atoms with Crippen LogP contribution >= 0.6 is 0 Å². The lowest BCUT2D eigenvalue weighted by molar-refractivity contribution is 0.217. The van der Waals surface area contributed by atoms with Crippen molar-refractivity contribution in [3.63, 3.8) is 0 Å². The fourth-order valence-electron chi connectivity index (χ4n) is 0.354. The van der Waals surface area contributed by atoms with Gasteiger partial charge in [-0.15, -0.1) is 0 Å². The second-order valence-electron chi connectivity index (χ2n) is 1.59. The molecule has 0 aromatic carbocycles. The molecule has 0 radical (unpaired) electrons. The topological polar surface area (TPSA) is 40.5 Å². The molecule has 0 amide bonds. The van der Waals surface area contributed by atoms with Crippen molar-refractivity contribution >= 4 is 0 Å². The van der Waals surface area contributed by atoms with Crippen molar-refractivity contribution < 1.29 is 10.2 Å². The molecule has 1 unspecified atom stereocenters. The smallest absolute Gasteiger partial charge is 0.0719 e. The highest BCUT2D eigenvalue weighted by Crippen LogP contribution is 1.89. The van der Waals surface area contributed by atoms with Crippen LogP contribution in [0.25, 0.3) is 0 Å². The highest BCUT2D eigenvalue weighted by molar-refractivity contribution is 4.86. The summed E-state index contributed by atoms with van der Waals surface area (Å²) in [7, 11) is 0. The second kappa shape index (κ2) is 4.81. The molecule has 0 aliphatic rings. The molecule has 48 valence electrons. The van der Waals surface area contributed by atoms with Crippen LogP contribution in [-0.2, 0) is 0 Å². The first-order valence-corrected chi connectivity index (χ1v) is 2.76. The molecule has 0 rings (SSSR count). The Morgan fingerprint density at radius 1 is 1.62 bits per heavy atom. The Hall–Kier alpha value is -0.340. The van der Waals surface area contributed by atoms with Gasteiger partial charge in [0.2, 0.25) is 0 Å². The molecule has 0 aliphatic carbocycles. The summed E-state index contributed by atoms with van der Waals surface area (Å²) in [6.07, 6.45) is 3.44. The van der Waals surface area contributed by atoms with Gasteiger partial charge in [0.1, 0.15) is 0 Å². The molecule has 0 aromatic rings. The molecular weight excluding hydrogens is 104 g/mol. The van der Waals surface area contributed by atoms with Crippen LogP contribution in [0.1, 0.15) is 13.3 Å². The Kier molecular flexibility index (Phi) is 4.61. The summed E-state index contributed by atoms with van der Waals surface area (Å²) in [6.45, 7) is 1.89. The highest BCUT2D eigenvalue weighted by atomic mass is 16.3. The third-order valence-electron chi connectivity index (χ3n) is 0.882. The number of rotatable bonds is 3. The van der Waals surface area contributed by atoms with Crippen molar-refractivity contribution in [2.24, 2.45) is 0 Å². The SMILES string of the molecule is CCC(O)C=CCO. The predicted molar refractivity (Wildman–Crippen MR) is 32.5 cm³/mol. The second-order valence-corrected chi connectivity index (χ2v) is 1.59. The standard InChI is InChI=1S/C6H12O2/c1-2-6(8)4-3-5-7/h3-4,6-8H,2,5H2,1H3. The van der Waals surface area contributed by atoms with Crippen LogP contribution < -0.4 is 0 Å². The van der Waals surface area contributed by atoms with Gasteiger partial charge in [-0.1, -0.05) is 19.1 Å². The Bertz CT molecular complexity index is 68.9. The zero-order valence-corrected chi connectivity index (χ0v) is 5.04. The summed E-state index contributed by atoms with van der Waals surface area (Å²) >= 11 is 0. The lowest BCUT2D eigenvalue weighted by Gasteiger charge is -1.96. The predicted octanol–water partition coefficient (Wildman–Crippen LogP) is 0.306. The average Bonchev–Trinajstić information content (AvgIpc) is 1.83. The first kappa shape index (κ1) is 7.66. The Balaban J connectivity index is 3.21. The van der Waals surface area contributed by atoms with Gasteiger partial charge in [-0.05, 0) is 6.42 Å². The molecule has 0 heterocycles. The molecule has 0 spiro atoms. The molecule has 8 heavy (non-hydrogen) atoms. The molecule has 0 saturated carbocycles. The van der Waals surface area contributed by atoms with Crippen molar-refractivity contribution in [3.05, 3.63) is 12.2 Å². The fourth-order valence-corrected chi connectivity index (χ4v) is 0.354. The summed E-state index contributed by atoms with van der Waals surface area (Å²) in [5, 5.41) is 17.0. The summed E-state index contributed by atoms with van der Waals surface area (Å²) in [6, 6.07) is 0. The van der Waals surface area contributed by atoms with Crippen molar-refractivity contribution in [1.82, 2.24) is 0 Å². The van der Waals surface area contributed by atoms with Gasteiger partial charge >= 0.3 is 0 Å². The van der Waals surface area contributed by atoms with Crippen molar-refractivity contribution in [1.29, 1.82) is 0 Å². The van der Waals surface area contributed by atoms with Gasteiger partial charge in [-0.25, -0.2) is 0 Å². The van der Waals surface area contributed by atoms with E-state index in [4.69, 9.17) is 10.2 Å². The lowest BCUT2D eigenvalue weighted by atomic mass is 10.2. The first-order valence-electron chi connectivity index (χ1n) is 2.76. The van der Waals surface area contributed by atoms with Gasteiger partial charge in [-0.2, -0.15) is 0 Å². The van der Waals surface area contributed by atoms with E-state index < -0.39 is 0 Å². The maximum absolute atomic E-state index is 8.79. The molecular formula is C6H12O2. The molecule has 0 aromatic heterocycles. The van der Waals surface area contributed by atoms with Gasteiger partial charge < -0.3 is 10.2 Å². The van der Waals surface area contributed by atoms with Gasteiger partial charge in [0, 0.05) is 0 Å². The van der Waals surface area contributed by atoms with Gasteiger partial charge in [0.25, 0.3) is 0 Å². The summed E-state index contributed by atoms with van der Waals surface area (Å²) in [5.41, 5.74) is 0. The van der Waals surface area contributed by atoms with E-state index in [0.29, 0.717) is 6.42 Å². The van der Waals surface area contributed by atoms with E-state index in [1.165, 1.54) is 6.08 Å². The summed E-state index contributed by atoms with van der Waals surface area (Å²) in [5.74, 6) is 0. The zero-order valence-electron chi connectivity index (χ0n) is 5.04. The minimum atomic E-state index is -0.387. The monoisotopic (exact) mass is 116 g/mol. The Morgan fingerprint density at radius 3 is 2.62 bits per heavy atom. The number of hydrogen-bond donors (Lipinski definition) is 2. The minimum absolute atomic E-state index is 0.0110. The van der Waals surface area contributed by atoms with Crippen LogP contribution in [0.5, 0.6) is 0 Å². The van der Waals surface area contributed by atoms with E-state index in [1.807, 2.05) is 6.92 Å². The minimum Gasteiger partial charge on any atom is -0.392 e. The largest absolute Gasteiger partial charge is 0.392 e. The maximum atomic E-state index is 8.79. The third-order valence-corrected chi connectivity index (χ3v) is 0.882. The van der Waals surface area contributed by atoms with Crippen LogP contribution in [0.3, 0.4) is 0 Å². The van der Waals surface area contributed by atoms with E-state index in [1.54, 1.807) is 6.08 Å². The first-order chi connectivity index (χ1) is 3.81. The van der Waals surface area contributed by atoms with E-state index in [-0.39, 0.29) is 12.7 Å². The molecule has 0 bridgehead atoms. The van der Waals surface area contributed by atoms with Crippen molar-refractivity contribution in [3.8, 4) is 0 Å². The van der Waals surface area contributed by atoms with Crippen molar-refractivity contribution in [2.45, 2.75) is 19.4 Å². The van der Waals surface area contributed by atoms with Crippen molar-refractivity contribution in [2.75, 3.05) is 6.61 Å². The third kappa shape index (κ3) is 3.84. The molecule has 1 atom stereocenters. The molecule has 2 N–H and O–H groups in total. The number of hydrogen-bond acceptors (Lipinski definition) is 2. The van der Waals surface area contributed by atoms with E-state index in [0.717, 1.165) is 0 Å². The van der Waals surface area contributed by atoms with Crippen LogP contribution in [0.2, 0.25) is 0 Å². The summed E-state index contributed by atoms with van der Waals surface area (Å²) in [4.78, 5) is 0. The zero-order chi connectivity index (χ0) is 6.41. The van der Waals surface area contributed by atoms with E-state index in [2.05, 4.69) is 0 Å². The van der Waals surface area contributed by atoms with E-state index >= 15 is 0 Å². The number of aliphatic hydroxyl groups is 2. The molecule has 2 nitrogen and oxygen atoms in total. The average molecular weight is 116 g/mol. The van der Waals surface area contributed by atoms with E-state index in [9.17, 15) is 0 Å². The number of aliphatic hydroxyl groups excluding tert-OH is 2. The van der Waals surface area contributed by atoms with Crippen LogP contribution in [-0.4, -0.2) is 22.9 Å². The molecule has 2 heteroatoms. The van der Waals surface area contributed by atoms with Gasteiger partial charge in [0.15, 0.2) is 0 Å². The lowest BCUT2D eigenvalue weighted by Crippen LogP contribution is -1.98. The van der Waals surface area contributed by atoms with Gasteiger partial charge in [-0.3, -0.25) is 0 Å². The van der Waals surface area contributed by atoms with Crippen LogP contribution in [0.4, 0.5) is 0 Å². The molecule has 0 saturated heterocycles. The van der Waals surface area contributed by atoms with Gasteiger partial charge in [0.05, 0.1) is 12.7 Å². The normalized spacial score (nSPS) is 14.9. The molecule has 0 aliphatic heterocycles. The molecule has 0 fully saturated rings. The Morgan fingerprint density at radius 2 is 2.25 bits per heavy atom. The van der Waals surface area contributed by atoms with Crippen LogP contribution in [0, 0.1) is 0 Å². The quantitative estimate of drug-likeness (QED) is 0.521. The maximum Gasteiger partial charge on any atom is 0.0719 e. The highest BCUT2D eigenvalue weighted by Gasteiger charge is 1.89. The van der Waals surface area contributed by atoms with Crippen LogP contribution in [0.15, 0.2) is 12.2 Å². The summed E-state index contributed by atoms with van der Waals surface area (Å²) < 4.78 is 0. The fraction of sp³-hybridized carbons (Fsp3) is 0.667. The Labute approximate surface area is 49.5 Å².